The van der Waals surface area contributed by atoms with Crippen LogP contribution in [-0.2, 0) is 41.5 Å². The Hall–Kier alpha value is -5.99. The molecule has 3 aliphatic rings. The highest BCUT2D eigenvalue weighted by molar-refractivity contribution is 7.45. The number of phosphoric acid groups is 3. The van der Waals surface area contributed by atoms with E-state index in [1.165, 1.54) is 124 Å². The fraction of sp³-hybridized carbons (Fsp3) is 0.319. The molecule has 3 saturated heterocycles. The highest BCUT2D eigenvalue weighted by atomic mass is 31.2. The minimum atomic E-state index is -5.22. The Kier molecular flexibility index (Phi) is 18.8. The zero-order valence-electron chi connectivity index (χ0n) is 40.7. The van der Waals surface area contributed by atoms with Gasteiger partial charge in [-0.15, -0.1) is 0 Å². The maximum absolute atomic E-state index is 13.7. The van der Waals surface area contributed by atoms with E-state index in [2.05, 4.69) is 13.6 Å². The van der Waals surface area contributed by atoms with Gasteiger partial charge in [-0.2, -0.15) is 13.7 Å². The summed E-state index contributed by atoms with van der Waals surface area (Å²) >= 11 is 0. The van der Waals surface area contributed by atoms with E-state index in [9.17, 15) is 73.4 Å². The van der Waals surface area contributed by atoms with E-state index >= 15 is 0 Å². The molecule has 2 aromatic carbocycles. The molecule has 3 fully saturated rings. The lowest BCUT2D eigenvalue weighted by atomic mass is 10.1. The quantitative estimate of drug-likeness (QED) is 0.0121. The first-order chi connectivity index (χ1) is 37.7. The van der Waals surface area contributed by atoms with Crippen LogP contribution in [0.3, 0.4) is 0 Å². The average Bonchev–Trinajstić information content (AvgIpc) is 3.98. The Balaban J connectivity index is 0.991. The summed E-state index contributed by atoms with van der Waals surface area (Å²) in [5.41, 5.74) is 0.470. The van der Waals surface area contributed by atoms with Crippen molar-refractivity contribution in [1.82, 2.24) is 0 Å². The zero-order chi connectivity index (χ0) is 57.8. The van der Waals surface area contributed by atoms with Gasteiger partial charge in [-0.1, -0.05) is 24.3 Å². The second kappa shape index (κ2) is 25.0. The maximum atomic E-state index is 13.7. The molecule has 33 heteroatoms. The number of pyridine rings is 3. The topological polar surface area (TPSA) is 448 Å². The predicted octanol–water partition coefficient (Wildman–Crippen LogP) is -3.33. The van der Waals surface area contributed by atoms with Crippen LogP contribution in [0.15, 0.2) is 116 Å². The molecule has 9 N–H and O–H groups in total. The number of esters is 3. The van der Waals surface area contributed by atoms with Gasteiger partial charge in [0, 0.05) is 24.3 Å². The first-order valence-electron chi connectivity index (χ1n) is 23.4. The van der Waals surface area contributed by atoms with Gasteiger partial charge >= 0.3 is 17.9 Å². The van der Waals surface area contributed by atoms with Gasteiger partial charge in [-0.05, 0) is 53.6 Å². The van der Waals surface area contributed by atoms with Gasteiger partial charge in [0.05, 0.1) is 19.8 Å². The van der Waals surface area contributed by atoms with Crippen LogP contribution in [0, 0.1) is 0 Å². The lowest BCUT2D eigenvalue weighted by Gasteiger charge is -2.19. The number of rotatable bonds is 20. The van der Waals surface area contributed by atoms with Gasteiger partial charge in [0.2, 0.25) is 0 Å². The van der Waals surface area contributed by atoms with Crippen LogP contribution in [0.2, 0.25) is 0 Å². The second-order valence-corrected chi connectivity index (χ2v) is 21.4. The van der Waals surface area contributed by atoms with E-state index < -0.39 is 135 Å². The summed E-state index contributed by atoms with van der Waals surface area (Å²) in [6.45, 7) is -2.50. The Morgan fingerprint density at radius 3 is 1.10 bits per heavy atom. The van der Waals surface area contributed by atoms with Gasteiger partial charge < -0.3 is 102 Å². The molecule has 0 amide bonds. The Morgan fingerprint density at radius 1 is 0.463 bits per heavy atom. The number of benzene rings is 2. The average molecular weight is 1180 g/mol. The highest BCUT2D eigenvalue weighted by Crippen LogP contribution is 2.37. The molecule has 5 aromatic rings. The van der Waals surface area contributed by atoms with Crippen LogP contribution in [0.5, 0.6) is 17.2 Å². The van der Waals surface area contributed by atoms with Crippen molar-refractivity contribution in [2.24, 2.45) is 0 Å². The summed E-state index contributed by atoms with van der Waals surface area (Å²) in [7, 11) is -15.6. The third-order valence-corrected chi connectivity index (χ3v) is 13.6. The molecule has 8 rings (SSSR count). The Bertz CT molecular complexity index is 3120. The van der Waals surface area contributed by atoms with E-state index in [-0.39, 0.29) is 39.5 Å². The minimum Gasteiger partial charge on any atom is -0.756 e. The van der Waals surface area contributed by atoms with E-state index in [4.69, 9.17) is 43.1 Å². The molecule has 0 spiro atoms. The molecule has 6 unspecified atom stereocenters. The van der Waals surface area contributed by atoms with Gasteiger partial charge in [0.1, 0.15) is 70.6 Å². The number of hydrogen-bond donors (Lipinski definition) is 9. The predicted molar refractivity (Wildman–Crippen MR) is 252 cm³/mol. The minimum absolute atomic E-state index is 0.0281. The number of carbonyl (C=O) groups is 3. The molecule has 15 atom stereocenters. The van der Waals surface area contributed by atoms with Crippen LogP contribution in [-0.4, -0.2) is 138 Å². The smallest absolute Gasteiger partial charge is 0.349 e. The number of aromatic nitrogens is 3. The van der Waals surface area contributed by atoms with Gasteiger partial charge in [-0.3, -0.25) is 13.7 Å². The largest absolute Gasteiger partial charge is 0.756 e. The van der Waals surface area contributed by atoms with Crippen molar-refractivity contribution in [3.63, 3.8) is 0 Å². The van der Waals surface area contributed by atoms with E-state index in [0.29, 0.717) is 5.56 Å². The summed E-state index contributed by atoms with van der Waals surface area (Å²) in [5, 5.41) is 63.3. The second-order valence-electron chi connectivity index (χ2n) is 17.9. The SMILES string of the molecule is O=C(Oc1cc(/C=C/c2ccc(OC(=O)c3ccc[n+](C4O[C@H](COP(=O)([O-])O)[C@@H](O)[C@H]4O)c3)cc2)cc(OC(=O)c2ccc[n+](C3O[C@@H](COP(=O)([O-])O)[C@H](O)[C@@H]3O)c2)c1)c1ccc[n+](C2O[C@@H](COP(=O)([O-])O)[C@H](O)[C@@H]2O)c1. The zero-order valence-corrected chi connectivity index (χ0v) is 43.4. The molecule has 428 valence electrons. The summed E-state index contributed by atoms with van der Waals surface area (Å²) in [6, 6.07) is 18.2. The molecule has 0 saturated carbocycles. The molecule has 6 heterocycles. The van der Waals surface area contributed by atoms with Crippen LogP contribution in [0.4, 0.5) is 0 Å². The molecule has 0 aliphatic carbocycles. The summed E-state index contributed by atoms with van der Waals surface area (Å²) < 4.78 is 83.5. The van der Waals surface area contributed by atoms with Crippen molar-refractivity contribution in [2.45, 2.75) is 73.6 Å². The number of phosphoric ester groups is 3. The first kappa shape index (κ1) is 60.1. The van der Waals surface area contributed by atoms with E-state index in [1.807, 2.05) is 0 Å². The summed E-state index contributed by atoms with van der Waals surface area (Å²) in [4.78, 5) is 101. The standard InChI is InChI=1S/C47H48N3O27P3/c51-36-33(22-69-78(60,61)62)75-42(39(36)54)48-13-1-4-27(19-48)45(57)72-30-11-9-25(10-12-30)7-8-26-16-31(73-46(58)28-5-2-14-49(20-28)43-40(55)37(52)34(76-43)23-70-79(63,64)65)18-32(17-26)74-47(59)29-6-3-15-50(21-29)44-41(56)38(53)35(77-44)24-71-80(66,67)68/h1-21,33-44,51-56H,22-24H2,(H3-3,60,61,62,63,64,65,66,67,68)/b8-7+/t33-,34+,35+,36-,37+,38+,39-,40+,41+,42?,43?,44?/m1/s1. The van der Waals surface area contributed by atoms with Crippen molar-refractivity contribution < 1.29 is 144 Å². The highest BCUT2D eigenvalue weighted by Gasteiger charge is 2.51. The van der Waals surface area contributed by atoms with Gasteiger partial charge in [0.15, 0.2) is 55.5 Å². The lowest BCUT2D eigenvalue weighted by Crippen LogP contribution is -2.46. The molecule has 0 radical (unpaired) electrons. The van der Waals surface area contributed by atoms with Crippen LogP contribution < -0.4 is 42.6 Å². The van der Waals surface area contributed by atoms with Crippen molar-refractivity contribution >= 4 is 53.5 Å². The van der Waals surface area contributed by atoms with Gasteiger partial charge in [-0.25, -0.2) is 14.4 Å². The number of hydrogen-bond acceptors (Lipinski definition) is 24. The number of nitrogens with zero attached hydrogens (tertiary/aromatic N) is 3. The van der Waals surface area contributed by atoms with Crippen molar-refractivity contribution in [2.75, 3.05) is 19.8 Å². The Labute approximate surface area is 450 Å². The number of carbonyl (C=O) groups excluding carboxylic acids is 3. The number of aliphatic hydroxyl groups excluding tert-OH is 6. The van der Waals surface area contributed by atoms with E-state index in [0.717, 1.165) is 0 Å². The molecule has 3 aromatic heterocycles. The fourth-order valence-electron chi connectivity index (χ4n) is 8.30. The van der Waals surface area contributed by atoms with Crippen LogP contribution in [0.25, 0.3) is 12.2 Å². The Morgan fingerprint density at radius 2 is 0.775 bits per heavy atom. The van der Waals surface area contributed by atoms with Crippen molar-refractivity contribution in [3.8, 4) is 17.2 Å². The molecule has 0 bridgehead atoms. The maximum Gasteiger partial charge on any atom is 0.349 e. The molecule has 80 heavy (non-hydrogen) atoms. The van der Waals surface area contributed by atoms with Crippen LogP contribution in [0.1, 0.15) is 60.9 Å². The first-order valence-corrected chi connectivity index (χ1v) is 27.9. The van der Waals surface area contributed by atoms with Gasteiger partial charge in [0.25, 0.3) is 42.2 Å². The molecular formula is C47H48N3O27P3. The molecular weight excluding hydrogens is 1130 g/mol. The number of aliphatic hydroxyl groups is 6. The third kappa shape index (κ3) is 15.5. The van der Waals surface area contributed by atoms with Crippen molar-refractivity contribution in [3.05, 3.63) is 144 Å². The molecule has 3 aliphatic heterocycles. The molecule has 30 nitrogen and oxygen atoms in total. The lowest BCUT2D eigenvalue weighted by molar-refractivity contribution is -0.766. The summed E-state index contributed by atoms with van der Waals surface area (Å²) in [6.07, 6.45) is -7.33. The van der Waals surface area contributed by atoms with Crippen molar-refractivity contribution in [1.29, 1.82) is 0 Å². The number of ether oxygens (including phenoxy) is 6. The monoisotopic (exact) mass is 1180 g/mol. The summed E-state index contributed by atoms with van der Waals surface area (Å²) in [5.74, 6) is -3.15. The van der Waals surface area contributed by atoms with Crippen LogP contribution >= 0.6 is 23.5 Å². The third-order valence-electron chi connectivity index (χ3n) is 12.2. The normalized spacial score (nSPS) is 27.9. The van der Waals surface area contributed by atoms with E-state index in [1.54, 1.807) is 18.2 Å². The fourth-order valence-corrected chi connectivity index (χ4v) is 9.31.